The third-order valence-corrected chi connectivity index (χ3v) is 5.27. The van der Waals surface area contributed by atoms with E-state index in [-0.39, 0.29) is 23.4 Å². The molecule has 0 atom stereocenters. The van der Waals surface area contributed by atoms with Gasteiger partial charge in [0.1, 0.15) is 0 Å². The molecule has 0 fully saturated rings. The molecule has 4 rings (SSSR count). The summed E-state index contributed by atoms with van der Waals surface area (Å²) in [5, 5.41) is 12.1. The number of benzene rings is 3. The number of aryl methyl sites for hydroxylation is 2. The van der Waals surface area contributed by atoms with E-state index in [9.17, 15) is 19.7 Å². The van der Waals surface area contributed by atoms with Crippen LogP contribution in [0.4, 0.5) is 11.4 Å². The van der Waals surface area contributed by atoms with Gasteiger partial charge in [-0.25, -0.2) is 0 Å². The number of hydrogen-bond donors (Lipinski definition) is 1. The predicted octanol–water partition coefficient (Wildman–Crippen LogP) is 4.90. The van der Waals surface area contributed by atoms with Crippen LogP contribution in [0.5, 0.6) is 0 Å². The first-order chi connectivity index (χ1) is 15.3. The van der Waals surface area contributed by atoms with E-state index >= 15 is 0 Å². The minimum Gasteiger partial charge on any atom is -0.322 e. The maximum Gasteiger partial charge on any atom is 0.270 e. The zero-order chi connectivity index (χ0) is 22.8. The van der Waals surface area contributed by atoms with E-state index in [0.717, 1.165) is 22.0 Å². The lowest BCUT2D eigenvalue weighted by Gasteiger charge is -2.23. The minimum absolute atomic E-state index is 0.0180. The van der Waals surface area contributed by atoms with Gasteiger partial charge >= 0.3 is 0 Å². The molecule has 0 aliphatic rings. The maximum atomic E-state index is 13.5. The summed E-state index contributed by atoms with van der Waals surface area (Å²) in [5.74, 6) is -0.428. The summed E-state index contributed by atoms with van der Waals surface area (Å²) in [6, 6.07) is 20.5. The molecule has 0 saturated heterocycles. The van der Waals surface area contributed by atoms with Crippen LogP contribution >= 0.6 is 0 Å². The van der Waals surface area contributed by atoms with Crippen LogP contribution < -0.4 is 10.5 Å². The number of nitrogens with zero attached hydrogens (tertiary/aromatic N) is 2. The Kier molecular flexibility index (Phi) is 5.55. The molecule has 1 amide bonds. The van der Waals surface area contributed by atoms with Gasteiger partial charge in [-0.1, -0.05) is 29.8 Å². The van der Waals surface area contributed by atoms with Gasteiger partial charge in [-0.3, -0.25) is 19.7 Å². The number of aromatic nitrogens is 1. The fourth-order valence-electron chi connectivity index (χ4n) is 3.64. The molecule has 7 nitrogen and oxygen atoms in total. The van der Waals surface area contributed by atoms with Gasteiger partial charge in [0.2, 0.25) is 0 Å². The fraction of sp³-hybridized carbons (Fsp3) is 0.120. The van der Waals surface area contributed by atoms with Gasteiger partial charge in [0.25, 0.3) is 17.2 Å². The molecule has 0 spiro atoms. The summed E-state index contributed by atoms with van der Waals surface area (Å²) in [5.41, 5.74) is 3.46. The minimum atomic E-state index is -0.538. The Bertz CT molecular complexity index is 1410. The van der Waals surface area contributed by atoms with E-state index < -0.39 is 10.8 Å². The summed E-state index contributed by atoms with van der Waals surface area (Å²) in [6.45, 7) is 3.89. The molecular weight excluding hydrogens is 406 g/mol. The second-order valence-corrected chi connectivity index (χ2v) is 7.75. The molecule has 0 aliphatic carbocycles. The number of nitro benzene ring substituents is 1. The van der Waals surface area contributed by atoms with Gasteiger partial charge < -0.3 is 9.88 Å². The van der Waals surface area contributed by atoms with Crippen LogP contribution in [-0.4, -0.2) is 15.8 Å². The topological polar surface area (TPSA) is 96.3 Å². The van der Waals surface area contributed by atoms with Gasteiger partial charge in [0, 0.05) is 34.5 Å². The highest BCUT2D eigenvalue weighted by molar-refractivity contribution is 6.06. The number of carbonyl (C=O) groups is 1. The molecule has 0 unspecified atom stereocenters. The lowest BCUT2D eigenvalue weighted by atomic mass is 10.1. The lowest BCUT2D eigenvalue weighted by molar-refractivity contribution is -0.384. The van der Waals surface area contributed by atoms with Gasteiger partial charge in [-0.15, -0.1) is 0 Å². The average molecular weight is 427 g/mol. The number of carbonyl (C=O) groups excluding carboxylic acids is 1. The summed E-state index contributed by atoms with van der Waals surface area (Å²) in [6.07, 6.45) is 0. The standard InChI is InChI=1S/C25H21N3O4/c1-16-5-3-7-21(12-16)27(25(30)18-6-4-8-22(14-18)28(31)32)15-20-13-19-11-17(2)9-10-23(19)26-24(20)29/h3-14H,15H2,1-2H3,(H,26,29). The summed E-state index contributed by atoms with van der Waals surface area (Å²) in [4.78, 5) is 41.2. The van der Waals surface area contributed by atoms with Gasteiger partial charge in [-0.2, -0.15) is 0 Å². The van der Waals surface area contributed by atoms with E-state index in [1.54, 1.807) is 12.1 Å². The van der Waals surface area contributed by atoms with Crippen molar-refractivity contribution in [2.24, 2.45) is 0 Å². The number of nitrogens with one attached hydrogen (secondary N) is 1. The van der Waals surface area contributed by atoms with Crippen LogP contribution in [-0.2, 0) is 6.54 Å². The number of anilines is 1. The van der Waals surface area contributed by atoms with Crippen molar-refractivity contribution < 1.29 is 9.72 Å². The van der Waals surface area contributed by atoms with E-state index in [2.05, 4.69) is 4.98 Å². The number of hydrogen-bond acceptors (Lipinski definition) is 4. The number of aromatic amines is 1. The zero-order valence-electron chi connectivity index (χ0n) is 17.7. The molecule has 1 N–H and O–H groups in total. The molecule has 0 bridgehead atoms. The van der Waals surface area contributed by atoms with Crippen LogP contribution in [0.1, 0.15) is 27.0 Å². The number of amides is 1. The van der Waals surface area contributed by atoms with Crippen molar-refractivity contribution in [2.75, 3.05) is 4.90 Å². The number of pyridine rings is 1. The molecule has 1 heterocycles. The van der Waals surface area contributed by atoms with Crippen molar-refractivity contribution >= 4 is 28.2 Å². The summed E-state index contributed by atoms with van der Waals surface area (Å²) < 4.78 is 0. The van der Waals surface area contributed by atoms with Crippen molar-refractivity contribution in [3.05, 3.63) is 116 Å². The van der Waals surface area contributed by atoms with Crippen LogP contribution in [0.15, 0.2) is 77.6 Å². The number of non-ortho nitro benzene ring substituents is 1. The second-order valence-electron chi connectivity index (χ2n) is 7.75. The second kappa shape index (κ2) is 8.47. The zero-order valence-corrected chi connectivity index (χ0v) is 17.7. The largest absolute Gasteiger partial charge is 0.322 e. The maximum absolute atomic E-state index is 13.5. The Morgan fingerprint density at radius 2 is 1.72 bits per heavy atom. The Hall–Kier alpha value is -4.26. The first kappa shape index (κ1) is 21.0. The molecule has 0 aliphatic heterocycles. The quantitative estimate of drug-likeness (QED) is 0.362. The fourth-order valence-corrected chi connectivity index (χ4v) is 3.64. The van der Waals surface area contributed by atoms with E-state index in [0.29, 0.717) is 11.3 Å². The highest BCUT2D eigenvalue weighted by Crippen LogP contribution is 2.23. The normalized spacial score (nSPS) is 10.8. The molecule has 7 heteroatoms. The molecule has 0 radical (unpaired) electrons. The van der Waals surface area contributed by atoms with E-state index in [1.165, 1.54) is 29.2 Å². The van der Waals surface area contributed by atoms with Crippen LogP contribution in [0, 0.1) is 24.0 Å². The van der Waals surface area contributed by atoms with Gasteiger partial charge in [-0.05, 0) is 61.2 Å². The number of H-pyrrole nitrogens is 1. The smallest absolute Gasteiger partial charge is 0.270 e. The lowest BCUT2D eigenvalue weighted by Crippen LogP contribution is -2.33. The average Bonchev–Trinajstić information content (AvgIpc) is 2.77. The summed E-state index contributed by atoms with van der Waals surface area (Å²) in [7, 11) is 0. The van der Waals surface area contributed by atoms with Crippen molar-refractivity contribution in [3.8, 4) is 0 Å². The third-order valence-electron chi connectivity index (χ3n) is 5.27. The third kappa shape index (κ3) is 4.27. The van der Waals surface area contributed by atoms with Crippen molar-refractivity contribution in [1.82, 2.24) is 4.98 Å². The predicted molar refractivity (Wildman–Crippen MR) is 124 cm³/mol. The number of rotatable bonds is 5. The first-order valence-corrected chi connectivity index (χ1v) is 10.1. The Morgan fingerprint density at radius 1 is 0.969 bits per heavy atom. The number of fused-ring (bicyclic) bond motifs is 1. The number of nitro groups is 1. The van der Waals surface area contributed by atoms with E-state index in [1.807, 2.05) is 50.2 Å². The summed E-state index contributed by atoms with van der Waals surface area (Å²) >= 11 is 0. The Balaban J connectivity index is 1.80. The van der Waals surface area contributed by atoms with Gasteiger partial charge in [0.05, 0.1) is 11.5 Å². The molecule has 3 aromatic carbocycles. The van der Waals surface area contributed by atoms with Crippen molar-refractivity contribution in [3.63, 3.8) is 0 Å². The van der Waals surface area contributed by atoms with Crippen LogP contribution in [0.3, 0.4) is 0 Å². The molecule has 32 heavy (non-hydrogen) atoms. The van der Waals surface area contributed by atoms with Gasteiger partial charge in [0.15, 0.2) is 0 Å². The first-order valence-electron chi connectivity index (χ1n) is 10.1. The monoisotopic (exact) mass is 427 g/mol. The van der Waals surface area contributed by atoms with Crippen molar-refractivity contribution in [2.45, 2.75) is 20.4 Å². The SMILES string of the molecule is Cc1cccc(N(Cc2cc3cc(C)ccc3[nH]c2=O)C(=O)c2cccc([N+](=O)[O-])c2)c1. The molecule has 0 saturated carbocycles. The van der Waals surface area contributed by atoms with Crippen molar-refractivity contribution in [1.29, 1.82) is 0 Å². The molecule has 1 aromatic heterocycles. The van der Waals surface area contributed by atoms with Crippen LogP contribution in [0.25, 0.3) is 10.9 Å². The highest BCUT2D eigenvalue weighted by Gasteiger charge is 2.22. The Labute approximate surface area is 184 Å². The molecular formula is C25H21N3O4. The molecule has 4 aromatic rings. The molecule has 160 valence electrons. The highest BCUT2D eigenvalue weighted by atomic mass is 16.6. The van der Waals surface area contributed by atoms with Crippen LogP contribution in [0.2, 0.25) is 0 Å². The Morgan fingerprint density at radius 3 is 2.47 bits per heavy atom. The van der Waals surface area contributed by atoms with E-state index in [4.69, 9.17) is 0 Å².